The molecular formula is C56H109NO8P+. The molecule has 0 spiro atoms. The van der Waals surface area contributed by atoms with E-state index in [9.17, 15) is 19.0 Å². The van der Waals surface area contributed by atoms with Crippen LogP contribution in [0.15, 0.2) is 24.3 Å². The fourth-order valence-electron chi connectivity index (χ4n) is 8.10. The van der Waals surface area contributed by atoms with Crippen molar-refractivity contribution in [2.75, 3.05) is 47.5 Å². The van der Waals surface area contributed by atoms with Crippen LogP contribution in [0.2, 0.25) is 0 Å². The third-order valence-electron chi connectivity index (χ3n) is 12.5. The van der Waals surface area contributed by atoms with Gasteiger partial charge in [-0.2, -0.15) is 0 Å². The molecule has 0 aliphatic carbocycles. The molecule has 10 heteroatoms. The van der Waals surface area contributed by atoms with E-state index in [0.717, 1.165) is 44.9 Å². The standard InChI is InChI=1S/C56H108NO8P/c1-6-8-10-12-14-16-18-20-22-24-26-27-28-29-31-33-35-37-39-41-43-45-47-49-56(59)65-54(53-64-66(60,61)63-51-50-57(3,4)5)52-62-55(58)48-46-44-42-40-38-36-34-32-30-25-23-21-19-17-15-13-11-9-7-2/h33,35,41,43,54H,6-32,34,36-40,42,44-53H2,1-5H3/p+1/b35-33+,43-41+/t54-/m1/s1. The molecule has 9 nitrogen and oxygen atoms in total. The van der Waals surface area contributed by atoms with Crippen molar-refractivity contribution in [1.82, 2.24) is 0 Å². The lowest BCUT2D eigenvalue weighted by Crippen LogP contribution is -2.37. The van der Waals surface area contributed by atoms with E-state index in [1.165, 1.54) is 193 Å². The molecule has 0 aromatic heterocycles. The van der Waals surface area contributed by atoms with Crippen LogP contribution in [0.25, 0.3) is 0 Å². The van der Waals surface area contributed by atoms with Crippen LogP contribution < -0.4 is 0 Å². The van der Waals surface area contributed by atoms with Gasteiger partial charge in [-0.3, -0.25) is 18.6 Å². The van der Waals surface area contributed by atoms with Gasteiger partial charge in [-0.05, 0) is 44.9 Å². The van der Waals surface area contributed by atoms with Gasteiger partial charge in [-0.25, -0.2) is 4.57 Å². The van der Waals surface area contributed by atoms with Crippen molar-refractivity contribution in [3.63, 3.8) is 0 Å². The normalized spacial score (nSPS) is 13.5. The molecule has 1 unspecified atom stereocenters. The van der Waals surface area contributed by atoms with E-state index in [4.69, 9.17) is 18.5 Å². The smallest absolute Gasteiger partial charge is 0.462 e. The maximum atomic E-state index is 12.8. The van der Waals surface area contributed by atoms with Gasteiger partial charge >= 0.3 is 19.8 Å². The summed E-state index contributed by atoms with van der Waals surface area (Å²) in [6, 6.07) is 0. The number of carbonyl (C=O) groups excluding carboxylic acids is 2. The molecule has 0 saturated carbocycles. The highest BCUT2D eigenvalue weighted by atomic mass is 31.2. The quantitative estimate of drug-likeness (QED) is 0.0211. The van der Waals surface area contributed by atoms with Crippen LogP contribution in [-0.2, 0) is 32.7 Å². The number of hydrogen-bond donors (Lipinski definition) is 1. The molecule has 390 valence electrons. The molecular weight excluding hydrogens is 846 g/mol. The van der Waals surface area contributed by atoms with Gasteiger partial charge in [-0.1, -0.05) is 237 Å². The number of unbranched alkanes of at least 4 members (excludes halogenated alkanes) is 34. The van der Waals surface area contributed by atoms with Crippen LogP contribution in [-0.4, -0.2) is 74.9 Å². The van der Waals surface area contributed by atoms with Crippen LogP contribution in [0.3, 0.4) is 0 Å². The highest BCUT2D eigenvalue weighted by Crippen LogP contribution is 2.43. The molecule has 0 rings (SSSR count). The van der Waals surface area contributed by atoms with Crippen LogP contribution in [0.1, 0.15) is 271 Å². The molecule has 0 saturated heterocycles. The second kappa shape index (κ2) is 48.5. The van der Waals surface area contributed by atoms with E-state index in [2.05, 4.69) is 38.2 Å². The summed E-state index contributed by atoms with van der Waals surface area (Å²) in [6.07, 6.45) is 56.8. The summed E-state index contributed by atoms with van der Waals surface area (Å²) in [5, 5.41) is 0. The van der Waals surface area contributed by atoms with Crippen LogP contribution in [0.5, 0.6) is 0 Å². The number of carbonyl (C=O) groups is 2. The monoisotopic (exact) mass is 955 g/mol. The minimum Gasteiger partial charge on any atom is -0.462 e. The average Bonchev–Trinajstić information content (AvgIpc) is 3.27. The van der Waals surface area contributed by atoms with Gasteiger partial charge in [0.2, 0.25) is 0 Å². The van der Waals surface area contributed by atoms with Gasteiger partial charge in [0.1, 0.15) is 19.8 Å². The summed E-state index contributed by atoms with van der Waals surface area (Å²) in [4.78, 5) is 35.6. The Hall–Kier alpha value is -1.51. The van der Waals surface area contributed by atoms with Crippen molar-refractivity contribution in [3.05, 3.63) is 24.3 Å². The Morgan fingerprint density at radius 2 is 0.803 bits per heavy atom. The molecule has 0 aliphatic heterocycles. The van der Waals surface area contributed by atoms with Gasteiger partial charge in [0.05, 0.1) is 27.7 Å². The molecule has 0 aromatic rings. The number of nitrogens with zero attached hydrogens (tertiary/aromatic N) is 1. The average molecular weight is 955 g/mol. The first kappa shape index (κ1) is 64.5. The molecule has 0 heterocycles. The predicted molar refractivity (Wildman–Crippen MR) is 280 cm³/mol. The summed E-state index contributed by atoms with van der Waals surface area (Å²) in [5.74, 6) is -0.832. The zero-order valence-electron chi connectivity index (χ0n) is 44.2. The molecule has 1 N–H and O–H groups in total. The zero-order valence-corrected chi connectivity index (χ0v) is 45.1. The number of rotatable bonds is 52. The SMILES string of the molecule is CCCCCCCCCCCCCCCC/C=C/CC/C=C/CCCC(=O)O[C@H](COC(=O)CCCCCCCCCCCCCCCCCCCCC)COP(=O)(O)OCC[N+](C)(C)C. The van der Waals surface area contributed by atoms with E-state index in [-0.39, 0.29) is 32.0 Å². The van der Waals surface area contributed by atoms with Gasteiger partial charge in [-0.15, -0.1) is 0 Å². The number of likely N-dealkylation sites (N-methyl/N-ethyl adjacent to an activating group) is 1. The van der Waals surface area contributed by atoms with Crippen molar-refractivity contribution in [2.24, 2.45) is 0 Å². The molecule has 0 aliphatic rings. The van der Waals surface area contributed by atoms with Gasteiger partial charge in [0.25, 0.3) is 0 Å². The second-order valence-electron chi connectivity index (χ2n) is 20.3. The Kier molecular flexibility index (Phi) is 47.4. The number of ether oxygens (including phenoxy) is 2. The van der Waals surface area contributed by atoms with E-state index >= 15 is 0 Å². The van der Waals surface area contributed by atoms with Gasteiger partial charge in [0, 0.05) is 12.8 Å². The lowest BCUT2D eigenvalue weighted by molar-refractivity contribution is -0.870. The van der Waals surface area contributed by atoms with Gasteiger partial charge < -0.3 is 18.9 Å². The van der Waals surface area contributed by atoms with Crippen molar-refractivity contribution in [1.29, 1.82) is 0 Å². The fraction of sp³-hybridized carbons (Fsp3) is 0.893. The topological polar surface area (TPSA) is 108 Å². The van der Waals surface area contributed by atoms with E-state index in [1.807, 2.05) is 21.1 Å². The first-order valence-electron chi connectivity index (χ1n) is 28.1. The van der Waals surface area contributed by atoms with Gasteiger partial charge in [0.15, 0.2) is 6.10 Å². The van der Waals surface area contributed by atoms with Crippen molar-refractivity contribution >= 4 is 19.8 Å². The van der Waals surface area contributed by atoms with Crippen LogP contribution in [0.4, 0.5) is 0 Å². The summed E-state index contributed by atoms with van der Waals surface area (Å²) in [6.45, 7) is 4.44. The van der Waals surface area contributed by atoms with Crippen molar-refractivity contribution in [2.45, 2.75) is 277 Å². The van der Waals surface area contributed by atoms with E-state index in [1.54, 1.807) is 0 Å². The lowest BCUT2D eigenvalue weighted by Gasteiger charge is -2.24. The number of phosphoric acid groups is 1. The minimum absolute atomic E-state index is 0.0273. The van der Waals surface area contributed by atoms with Crippen molar-refractivity contribution in [3.8, 4) is 0 Å². The summed E-state index contributed by atoms with van der Waals surface area (Å²) < 4.78 is 34.5. The zero-order chi connectivity index (χ0) is 48.5. The third kappa shape index (κ3) is 51.9. The number of allylic oxidation sites excluding steroid dienone is 4. The second-order valence-corrected chi connectivity index (χ2v) is 21.8. The molecule has 66 heavy (non-hydrogen) atoms. The third-order valence-corrected chi connectivity index (χ3v) is 13.4. The number of phosphoric ester groups is 1. The molecule has 0 radical (unpaired) electrons. The summed E-state index contributed by atoms with van der Waals surface area (Å²) >= 11 is 0. The molecule has 0 fully saturated rings. The highest BCUT2D eigenvalue weighted by molar-refractivity contribution is 7.47. The van der Waals surface area contributed by atoms with Crippen LogP contribution in [0, 0.1) is 0 Å². The summed E-state index contributed by atoms with van der Waals surface area (Å²) in [7, 11) is 1.47. The molecule has 0 bridgehead atoms. The maximum Gasteiger partial charge on any atom is 0.472 e. The predicted octanol–water partition coefficient (Wildman–Crippen LogP) is 17.0. The van der Waals surface area contributed by atoms with Crippen LogP contribution >= 0.6 is 7.82 Å². The Morgan fingerprint density at radius 1 is 0.455 bits per heavy atom. The summed E-state index contributed by atoms with van der Waals surface area (Å²) in [5.41, 5.74) is 0. The Bertz CT molecular complexity index is 1170. The minimum atomic E-state index is -4.39. The van der Waals surface area contributed by atoms with E-state index in [0.29, 0.717) is 17.4 Å². The maximum absolute atomic E-state index is 12.8. The molecule has 2 atom stereocenters. The highest BCUT2D eigenvalue weighted by Gasteiger charge is 2.27. The largest absolute Gasteiger partial charge is 0.472 e. The number of esters is 2. The number of hydrogen-bond acceptors (Lipinski definition) is 7. The van der Waals surface area contributed by atoms with E-state index < -0.39 is 26.5 Å². The Morgan fingerprint density at radius 3 is 1.21 bits per heavy atom. The first-order valence-corrected chi connectivity index (χ1v) is 29.6. The fourth-order valence-corrected chi connectivity index (χ4v) is 8.84. The Balaban J connectivity index is 4.22. The lowest BCUT2D eigenvalue weighted by atomic mass is 10.0. The number of quaternary nitrogens is 1. The molecule has 0 amide bonds. The van der Waals surface area contributed by atoms with Crippen molar-refractivity contribution < 1.29 is 42.1 Å². The Labute approximate surface area is 409 Å². The first-order chi connectivity index (χ1) is 32.0. The molecule has 0 aromatic carbocycles.